The van der Waals surface area contributed by atoms with E-state index in [9.17, 15) is 22.9 Å². The number of hydrogen-bond acceptors (Lipinski definition) is 5. The minimum absolute atomic E-state index is 0.129. The summed E-state index contributed by atoms with van der Waals surface area (Å²) in [7, 11) is -4.08. The molecule has 0 atom stereocenters. The molecule has 168 valence electrons. The van der Waals surface area contributed by atoms with Crippen molar-refractivity contribution >= 4 is 21.6 Å². The van der Waals surface area contributed by atoms with Crippen molar-refractivity contribution in [3.05, 3.63) is 83.7 Å². The van der Waals surface area contributed by atoms with Crippen LogP contribution in [0.1, 0.15) is 15.9 Å². The molecule has 9 heteroatoms. The van der Waals surface area contributed by atoms with Crippen LogP contribution in [0.15, 0.2) is 71.6 Å². The lowest BCUT2D eigenvalue weighted by Gasteiger charge is -2.26. The molecule has 1 aliphatic heterocycles. The summed E-state index contributed by atoms with van der Waals surface area (Å²) in [4.78, 5) is 12.6. The molecule has 0 bridgehead atoms. The smallest absolute Gasteiger partial charge is 0.256 e. The number of anilines is 1. The van der Waals surface area contributed by atoms with Crippen molar-refractivity contribution in [3.8, 4) is 17.2 Å². The molecule has 1 fully saturated rings. The van der Waals surface area contributed by atoms with Crippen LogP contribution in [0, 0.1) is 17.1 Å². The van der Waals surface area contributed by atoms with E-state index in [0.29, 0.717) is 22.3 Å². The van der Waals surface area contributed by atoms with Gasteiger partial charge in [-0.3, -0.25) is 4.79 Å². The number of hydrogen-bond donors (Lipinski definition) is 1. The maximum atomic E-state index is 14.5. The summed E-state index contributed by atoms with van der Waals surface area (Å²) in [5, 5.41) is 12.1. The van der Waals surface area contributed by atoms with Gasteiger partial charge in [0.15, 0.2) is 0 Å². The molecule has 3 aromatic rings. The molecular weight excluding hydrogens is 445 g/mol. The quantitative estimate of drug-likeness (QED) is 0.620. The standard InChI is InChI=1S/C24H20FN3O4S/c25-22-10-9-18(15-23(22)33(30,31)28-11-13-32-14-12-28)27-24(29)21-8-4-3-7-20(21)19-6-2-1-5-17(19)16-26/h1-10,15H,11-14H2,(H,27,29). The molecule has 0 radical (unpaired) electrons. The third-order valence-corrected chi connectivity index (χ3v) is 7.20. The zero-order valence-corrected chi connectivity index (χ0v) is 18.3. The van der Waals surface area contributed by atoms with E-state index in [1.165, 1.54) is 6.07 Å². The Morgan fingerprint density at radius 1 is 1.00 bits per heavy atom. The number of nitrogens with zero attached hydrogens (tertiary/aromatic N) is 2. The van der Waals surface area contributed by atoms with E-state index in [1.807, 2.05) is 0 Å². The first-order valence-electron chi connectivity index (χ1n) is 10.2. The SMILES string of the molecule is N#Cc1ccccc1-c1ccccc1C(=O)Nc1ccc(F)c(S(=O)(=O)N2CCOCC2)c1. The van der Waals surface area contributed by atoms with E-state index in [1.54, 1.807) is 48.5 Å². The highest BCUT2D eigenvalue weighted by atomic mass is 32.2. The number of nitrogens with one attached hydrogen (secondary N) is 1. The summed E-state index contributed by atoms with van der Waals surface area (Å²) in [6.45, 7) is 0.727. The number of sulfonamides is 1. The zero-order chi connectivity index (χ0) is 23.4. The summed E-state index contributed by atoms with van der Waals surface area (Å²) >= 11 is 0. The Balaban J connectivity index is 1.66. The lowest BCUT2D eigenvalue weighted by molar-refractivity contribution is 0.0729. The van der Waals surface area contributed by atoms with Gasteiger partial charge in [-0.25, -0.2) is 12.8 Å². The van der Waals surface area contributed by atoms with Gasteiger partial charge in [0, 0.05) is 29.9 Å². The Morgan fingerprint density at radius 3 is 2.39 bits per heavy atom. The minimum Gasteiger partial charge on any atom is -0.379 e. The van der Waals surface area contributed by atoms with Gasteiger partial charge in [0.05, 0.1) is 24.8 Å². The molecule has 0 saturated carbocycles. The predicted octanol–water partition coefficient (Wildman–Crippen LogP) is 3.64. The summed E-state index contributed by atoms with van der Waals surface area (Å²) in [6.07, 6.45) is 0. The second-order valence-corrected chi connectivity index (χ2v) is 9.23. The Morgan fingerprint density at radius 2 is 1.67 bits per heavy atom. The fraction of sp³-hybridized carbons (Fsp3) is 0.167. The number of benzene rings is 3. The van der Waals surface area contributed by atoms with Crippen LogP contribution in [0.3, 0.4) is 0 Å². The van der Waals surface area contributed by atoms with Gasteiger partial charge in [-0.15, -0.1) is 0 Å². The van der Waals surface area contributed by atoms with E-state index in [0.717, 1.165) is 16.4 Å². The maximum absolute atomic E-state index is 14.5. The number of carbonyl (C=O) groups excluding carboxylic acids is 1. The molecule has 1 aliphatic rings. The molecule has 0 aliphatic carbocycles. The number of nitriles is 1. The Labute approximate surface area is 191 Å². The van der Waals surface area contributed by atoms with Crippen LogP contribution in [0.2, 0.25) is 0 Å². The highest BCUT2D eigenvalue weighted by molar-refractivity contribution is 7.89. The molecule has 1 amide bonds. The van der Waals surface area contributed by atoms with E-state index < -0.39 is 26.6 Å². The van der Waals surface area contributed by atoms with E-state index in [4.69, 9.17) is 4.74 Å². The van der Waals surface area contributed by atoms with Gasteiger partial charge in [-0.05, 0) is 35.9 Å². The lowest BCUT2D eigenvalue weighted by atomic mass is 9.95. The van der Waals surface area contributed by atoms with Gasteiger partial charge in [-0.1, -0.05) is 36.4 Å². The molecule has 0 unspecified atom stereocenters. The van der Waals surface area contributed by atoms with Gasteiger partial charge in [-0.2, -0.15) is 9.57 Å². The van der Waals surface area contributed by atoms with Crippen molar-refractivity contribution in [1.29, 1.82) is 5.26 Å². The van der Waals surface area contributed by atoms with Gasteiger partial charge < -0.3 is 10.1 Å². The molecule has 33 heavy (non-hydrogen) atoms. The number of carbonyl (C=O) groups is 1. The molecule has 3 aromatic carbocycles. The highest BCUT2D eigenvalue weighted by Crippen LogP contribution is 2.28. The van der Waals surface area contributed by atoms with Crippen LogP contribution < -0.4 is 5.32 Å². The minimum atomic E-state index is -4.08. The van der Waals surface area contributed by atoms with E-state index >= 15 is 0 Å². The number of rotatable bonds is 5. The first kappa shape index (κ1) is 22.6. The average Bonchev–Trinajstić information content (AvgIpc) is 2.85. The predicted molar refractivity (Wildman–Crippen MR) is 121 cm³/mol. The largest absolute Gasteiger partial charge is 0.379 e. The lowest BCUT2D eigenvalue weighted by Crippen LogP contribution is -2.40. The molecular formula is C24H20FN3O4S. The molecule has 1 heterocycles. The van der Waals surface area contributed by atoms with Crippen LogP contribution in [0.25, 0.3) is 11.1 Å². The number of amides is 1. The van der Waals surface area contributed by atoms with Gasteiger partial charge >= 0.3 is 0 Å². The van der Waals surface area contributed by atoms with Gasteiger partial charge in [0.25, 0.3) is 5.91 Å². The topological polar surface area (TPSA) is 99.5 Å². The van der Waals surface area contributed by atoms with Crippen molar-refractivity contribution in [2.75, 3.05) is 31.6 Å². The van der Waals surface area contributed by atoms with Crippen molar-refractivity contribution < 1.29 is 22.3 Å². The number of ether oxygens (including phenoxy) is 1. The highest BCUT2D eigenvalue weighted by Gasteiger charge is 2.29. The fourth-order valence-electron chi connectivity index (χ4n) is 3.63. The first-order chi connectivity index (χ1) is 15.9. The fourth-order valence-corrected chi connectivity index (χ4v) is 5.13. The summed E-state index contributed by atoms with van der Waals surface area (Å²) in [5.74, 6) is -1.41. The molecule has 0 aromatic heterocycles. The maximum Gasteiger partial charge on any atom is 0.256 e. The van der Waals surface area contributed by atoms with E-state index in [2.05, 4.69) is 11.4 Å². The Bertz CT molecular complexity index is 1350. The van der Waals surface area contributed by atoms with Crippen molar-refractivity contribution in [2.24, 2.45) is 0 Å². The third-order valence-electron chi connectivity index (χ3n) is 5.29. The van der Waals surface area contributed by atoms with Gasteiger partial charge in [0.1, 0.15) is 10.7 Å². The zero-order valence-electron chi connectivity index (χ0n) is 17.5. The van der Waals surface area contributed by atoms with Crippen LogP contribution in [0.5, 0.6) is 0 Å². The van der Waals surface area contributed by atoms with Crippen molar-refractivity contribution in [1.82, 2.24) is 4.31 Å². The van der Waals surface area contributed by atoms with Crippen molar-refractivity contribution in [3.63, 3.8) is 0 Å². The molecule has 0 spiro atoms. The molecule has 1 N–H and O–H groups in total. The third kappa shape index (κ3) is 4.64. The van der Waals surface area contributed by atoms with Gasteiger partial charge in [0.2, 0.25) is 10.0 Å². The van der Waals surface area contributed by atoms with Crippen LogP contribution in [-0.2, 0) is 14.8 Å². The number of halogens is 1. The van der Waals surface area contributed by atoms with Crippen LogP contribution >= 0.6 is 0 Å². The Kier molecular flexibility index (Phi) is 6.51. The average molecular weight is 466 g/mol. The summed E-state index contributed by atoms with van der Waals surface area (Å²) in [5.41, 5.74) is 1.99. The van der Waals surface area contributed by atoms with Crippen molar-refractivity contribution in [2.45, 2.75) is 4.90 Å². The Hall–Kier alpha value is -3.58. The summed E-state index contributed by atoms with van der Waals surface area (Å²) in [6, 6.07) is 19.2. The normalized spacial score (nSPS) is 14.4. The molecule has 4 rings (SSSR count). The first-order valence-corrected chi connectivity index (χ1v) is 11.6. The number of morpholine rings is 1. The van der Waals surface area contributed by atoms with E-state index in [-0.39, 0.29) is 32.0 Å². The summed E-state index contributed by atoms with van der Waals surface area (Å²) < 4.78 is 46.6. The molecule has 1 saturated heterocycles. The monoisotopic (exact) mass is 465 g/mol. The van der Waals surface area contributed by atoms with Crippen LogP contribution in [0.4, 0.5) is 10.1 Å². The second kappa shape index (κ2) is 9.50. The second-order valence-electron chi connectivity index (χ2n) is 7.32. The van der Waals surface area contributed by atoms with Crippen LogP contribution in [-0.4, -0.2) is 44.9 Å². The molecule has 7 nitrogen and oxygen atoms in total.